The van der Waals surface area contributed by atoms with Gasteiger partial charge in [-0.2, -0.15) is 5.10 Å². The van der Waals surface area contributed by atoms with Crippen molar-refractivity contribution in [3.8, 4) is 0 Å². The first kappa shape index (κ1) is 14.5. The third-order valence-electron chi connectivity index (χ3n) is 3.34. The van der Waals surface area contributed by atoms with Crippen LogP contribution in [0.25, 0.3) is 0 Å². The molecule has 3 N–H and O–H groups in total. The Balaban J connectivity index is 2.09. The Kier molecular flexibility index (Phi) is 4.73. The molecule has 7 heteroatoms. The average Bonchev–Trinajstić information content (AvgIpc) is 2.81. The first-order chi connectivity index (χ1) is 9.63. The number of nitrogens with zero attached hydrogens (tertiary/aromatic N) is 1. The van der Waals surface area contributed by atoms with Crippen LogP contribution < -0.4 is 10.6 Å². The summed E-state index contributed by atoms with van der Waals surface area (Å²) in [5, 5.41) is 12.6. The predicted octanol–water partition coefficient (Wildman–Crippen LogP) is 0.833. The minimum atomic E-state index is -0.476. The van der Waals surface area contributed by atoms with Crippen LogP contribution in [0.1, 0.15) is 35.8 Å². The van der Waals surface area contributed by atoms with Crippen LogP contribution in [0.3, 0.4) is 0 Å². The number of ether oxygens (including phenoxy) is 1. The Morgan fingerprint density at radius 2 is 2.30 bits per heavy atom. The molecule has 0 aliphatic carbocycles. The van der Waals surface area contributed by atoms with Gasteiger partial charge in [0.25, 0.3) is 0 Å². The van der Waals surface area contributed by atoms with Gasteiger partial charge in [-0.05, 0) is 33.2 Å². The summed E-state index contributed by atoms with van der Waals surface area (Å²) >= 11 is 0. The number of H-pyrrole nitrogens is 1. The summed E-state index contributed by atoms with van der Waals surface area (Å²) in [6.07, 6.45) is 1.82. The molecular formula is C13H20N4O3. The van der Waals surface area contributed by atoms with Crippen LogP contribution in [0.4, 0.5) is 5.82 Å². The summed E-state index contributed by atoms with van der Waals surface area (Å²) in [6.45, 7) is 5.34. The maximum absolute atomic E-state index is 12.2. The lowest BCUT2D eigenvalue weighted by Gasteiger charge is -2.21. The highest BCUT2D eigenvalue weighted by Crippen LogP contribution is 2.19. The summed E-state index contributed by atoms with van der Waals surface area (Å²) < 4.78 is 4.97. The Hall–Kier alpha value is -1.89. The van der Waals surface area contributed by atoms with E-state index in [1.165, 1.54) is 0 Å². The van der Waals surface area contributed by atoms with E-state index >= 15 is 0 Å². The second-order valence-corrected chi connectivity index (χ2v) is 4.83. The van der Waals surface area contributed by atoms with E-state index in [1.54, 1.807) is 13.8 Å². The number of esters is 1. The van der Waals surface area contributed by atoms with Crippen molar-refractivity contribution in [1.82, 2.24) is 15.5 Å². The van der Waals surface area contributed by atoms with Crippen molar-refractivity contribution in [3.05, 3.63) is 11.3 Å². The molecule has 1 atom stereocenters. The van der Waals surface area contributed by atoms with Gasteiger partial charge in [-0.25, -0.2) is 4.79 Å². The number of amides is 1. The summed E-state index contributed by atoms with van der Waals surface area (Å²) in [5.41, 5.74) is 0.879. The molecule has 1 unspecified atom stereocenters. The fourth-order valence-electron chi connectivity index (χ4n) is 2.27. The van der Waals surface area contributed by atoms with Crippen LogP contribution in [0.2, 0.25) is 0 Å². The second-order valence-electron chi connectivity index (χ2n) is 4.83. The molecule has 7 nitrogen and oxygen atoms in total. The van der Waals surface area contributed by atoms with Gasteiger partial charge in [0.05, 0.1) is 12.5 Å². The molecule has 1 aliphatic heterocycles. The number of rotatable bonds is 4. The van der Waals surface area contributed by atoms with Crippen LogP contribution in [-0.4, -0.2) is 41.8 Å². The number of hydrogen-bond acceptors (Lipinski definition) is 5. The minimum absolute atomic E-state index is 0.0872. The molecule has 0 bridgehead atoms. The van der Waals surface area contributed by atoms with E-state index in [0.717, 1.165) is 19.4 Å². The first-order valence-electron chi connectivity index (χ1n) is 6.87. The molecule has 2 heterocycles. The number of aromatic amines is 1. The first-order valence-corrected chi connectivity index (χ1v) is 6.87. The van der Waals surface area contributed by atoms with Gasteiger partial charge in [-0.15, -0.1) is 0 Å². The minimum Gasteiger partial charge on any atom is -0.462 e. The molecule has 2 rings (SSSR count). The van der Waals surface area contributed by atoms with Crippen molar-refractivity contribution < 1.29 is 14.3 Å². The number of carbonyl (C=O) groups is 2. The van der Waals surface area contributed by atoms with Crippen LogP contribution in [0, 0.1) is 12.8 Å². The SMILES string of the molecule is CCOC(=O)c1c(NC(=O)C2CCCNC2)n[nH]c1C. The van der Waals surface area contributed by atoms with Crippen molar-refractivity contribution >= 4 is 17.7 Å². The largest absolute Gasteiger partial charge is 0.462 e. The lowest BCUT2D eigenvalue weighted by atomic mass is 9.99. The summed E-state index contributed by atoms with van der Waals surface area (Å²) in [6, 6.07) is 0. The fourth-order valence-corrected chi connectivity index (χ4v) is 2.27. The molecule has 1 aliphatic rings. The van der Waals surface area contributed by atoms with Crippen molar-refractivity contribution in [2.75, 3.05) is 25.0 Å². The van der Waals surface area contributed by atoms with Gasteiger partial charge in [-0.1, -0.05) is 0 Å². The Morgan fingerprint density at radius 3 is 2.95 bits per heavy atom. The van der Waals surface area contributed by atoms with Gasteiger partial charge < -0.3 is 15.4 Å². The topological polar surface area (TPSA) is 96.1 Å². The van der Waals surface area contributed by atoms with Gasteiger partial charge in [0.15, 0.2) is 5.82 Å². The summed E-state index contributed by atoms with van der Waals surface area (Å²) in [4.78, 5) is 24.0. The Bertz CT molecular complexity index is 492. The standard InChI is InChI=1S/C13H20N4O3/c1-3-20-13(19)10-8(2)16-17-11(10)15-12(18)9-5-4-6-14-7-9/h9,14H,3-7H2,1-2H3,(H2,15,16,17,18). The normalized spacial score (nSPS) is 18.6. The molecule has 1 amide bonds. The van der Waals surface area contributed by atoms with Crippen LogP contribution >= 0.6 is 0 Å². The van der Waals surface area contributed by atoms with Crippen molar-refractivity contribution in [2.24, 2.45) is 5.92 Å². The molecule has 1 fully saturated rings. The average molecular weight is 280 g/mol. The molecule has 20 heavy (non-hydrogen) atoms. The van der Waals surface area contributed by atoms with Crippen LogP contribution in [0.15, 0.2) is 0 Å². The lowest BCUT2D eigenvalue weighted by molar-refractivity contribution is -0.120. The number of carbonyl (C=O) groups excluding carboxylic acids is 2. The van der Waals surface area contributed by atoms with E-state index in [2.05, 4.69) is 20.8 Å². The van der Waals surface area contributed by atoms with E-state index in [9.17, 15) is 9.59 Å². The van der Waals surface area contributed by atoms with Gasteiger partial charge in [0.2, 0.25) is 5.91 Å². The van der Waals surface area contributed by atoms with Gasteiger partial charge in [0, 0.05) is 12.2 Å². The van der Waals surface area contributed by atoms with Crippen molar-refractivity contribution in [2.45, 2.75) is 26.7 Å². The van der Waals surface area contributed by atoms with E-state index < -0.39 is 5.97 Å². The quantitative estimate of drug-likeness (QED) is 0.710. The molecule has 0 aromatic carbocycles. The number of aromatic nitrogens is 2. The van der Waals surface area contributed by atoms with E-state index in [4.69, 9.17) is 4.74 Å². The maximum atomic E-state index is 12.2. The molecule has 1 aromatic rings. The monoisotopic (exact) mass is 280 g/mol. The number of aryl methyl sites for hydroxylation is 1. The Morgan fingerprint density at radius 1 is 1.50 bits per heavy atom. The maximum Gasteiger partial charge on any atom is 0.343 e. The molecule has 1 aromatic heterocycles. The molecule has 0 spiro atoms. The van der Waals surface area contributed by atoms with Crippen molar-refractivity contribution in [3.63, 3.8) is 0 Å². The zero-order valence-electron chi connectivity index (χ0n) is 11.8. The molecule has 0 radical (unpaired) electrons. The van der Waals surface area contributed by atoms with Crippen LogP contribution in [-0.2, 0) is 9.53 Å². The summed E-state index contributed by atoms with van der Waals surface area (Å²) in [5.74, 6) is -0.433. The van der Waals surface area contributed by atoms with E-state index in [-0.39, 0.29) is 24.2 Å². The fraction of sp³-hybridized carbons (Fsp3) is 0.615. The second kappa shape index (κ2) is 6.51. The predicted molar refractivity (Wildman–Crippen MR) is 73.5 cm³/mol. The smallest absolute Gasteiger partial charge is 0.343 e. The number of nitrogens with one attached hydrogen (secondary N) is 3. The number of hydrogen-bond donors (Lipinski definition) is 3. The number of anilines is 1. The highest BCUT2D eigenvalue weighted by Gasteiger charge is 2.25. The van der Waals surface area contributed by atoms with E-state index in [0.29, 0.717) is 17.8 Å². The molecule has 1 saturated heterocycles. The number of piperidine rings is 1. The highest BCUT2D eigenvalue weighted by atomic mass is 16.5. The Labute approximate surface area is 117 Å². The van der Waals surface area contributed by atoms with Crippen molar-refractivity contribution in [1.29, 1.82) is 0 Å². The lowest BCUT2D eigenvalue weighted by Crippen LogP contribution is -2.37. The van der Waals surface area contributed by atoms with E-state index in [1.807, 2.05) is 0 Å². The van der Waals surface area contributed by atoms with Gasteiger partial charge >= 0.3 is 5.97 Å². The van der Waals surface area contributed by atoms with Gasteiger partial charge in [-0.3, -0.25) is 9.89 Å². The zero-order valence-corrected chi connectivity index (χ0v) is 11.8. The third-order valence-corrected chi connectivity index (χ3v) is 3.34. The molecular weight excluding hydrogens is 260 g/mol. The zero-order chi connectivity index (χ0) is 14.5. The molecule has 110 valence electrons. The highest BCUT2D eigenvalue weighted by molar-refractivity contribution is 6.01. The van der Waals surface area contributed by atoms with Crippen LogP contribution in [0.5, 0.6) is 0 Å². The summed E-state index contributed by atoms with van der Waals surface area (Å²) in [7, 11) is 0. The van der Waals surface area contributed by atoms with Gasteiger partial charge in [0.1, 0.15) is 5.56 Å². The molecule has 0 saturated carbocycles. The third kappa shape index (κ3) is 3.16.